The van der Waals surface area contributed by atoms with Crippen LogP contribution in [-0.4, -0.2) is 36.4 Å². The summed E-state index contributed by atoms with van der Waals surface area (Å²) in [5.74, 6) is 0.283. The molecule has 238 valence electrons. The standard InChI is InChI=1S/C37H40N4O4S/c1-27-18-19-32(45-29-13-5-3-6-14-29)33(23-27)46(43,44)41-36(2,24-28-25-39-31-16-8-7-15-30(28)31)35(42)40-26-37(20-10-4-11-21-37)34-17-9-12-22-38-34/h3,5-9,12-19,22-23,25,39,41H,4,10-11,20-21,24,26H2,1-2H3,(H,40,42)/t36-/m0/s1. The number of H-pyrrole nitrogens is 1. The lowest BCUT2D eigenvalue weighted by atomic mass is 9.71. The van der Waals surface area contributed by atoms with E-state index in [0.29, 0.717) is 12.3 Å². The van der Waals surface area contributed by atoms with Crippen molar-refractivity contribution in [2.45, 2.75) is 68.2 Å². The van der Waals surface area contributed by atoms with Gasteiger partial charge in [-0.1, -0.05) is 67.8 Å². The van der Waals surface area contributed by atoms with E-state index in [9.17, 15) is 13.2 Å². The van der Waals surface area contributed by atoms with Crippen molar-refractivity contribution in [1.29, 1.82) is 0 Å². The maximum atomic E-state index is 14.4. The Morgan fingerprint density at radius 2 is 1.70 bits per heavy atom. The van der Waals surface area contributed by atoms with Crippen LogP contribution in [0.5, 0.6) is 11.5 Å². The first-order valence-electron chi connectivity index (χ1n) is 15.8. The second-order valence-electron chi connectivity index (χ2n) is 12.6. The molecule has 1 fully saturated rings. The summed E-state index contributed by atoms with van der Waals surface area (Å²) in [6.45, 7) is 3.84. The van der Waals surface area contributed by atoms with Gasteiger partial charge in [-0.15, -0.1) is 0 Å². The number of rotatable bonds is 11. The average molecular weight is 637 g/mol. The molecule has 3 N–H and O–H groups in total. The summed E-state index contributed by atoms with van der Waals surface area (Å²) in [6.07, 6.45) is 8.80. The fourth-order valence-electron chi connectivity index (χ4n) is 6.57. The van der Waals surface area contributed by atoms with Crippen LogP contribution in [0.4, 0.5) is 0 Å². The molecular formula is C37H40N4O4S. The summed E-state index contributed by atoms with van der Waals surface area (Å²) in [5, 5.41) is 4.12. The number of benzene rings is 3. The zero-order chi connectivity index (χ0) is 32.2. The number of fused-ring (bicyclic) bond motifs is 1. The molecule has 0 radical (unpaired) electrons. The minimum Gasteiger partial charge on any atom is -0.456 e. The maximum Gasteiger partial charge on any atom is 0.245 e. The van der Waals surface area contributed by atoms with E-state index in [1.807, 2.05) is 73.8 Å². The van der Waals surface area contributed by atoms with Gasteiger partial charge in [0.1, 0.15) is 21.9 Å². The number of carbonyl (C=O) groups excluding carboxylic acids is 1. The lowest BCUT2D eigenvalue weighted by Gasteiger charge is -2.38. The summed E-state index contributed by atoms with van der Waals surface area (Å²) in [6, 6.07) is 27.8. The van der Waals surface area contributed by atoms with Gasteiger partial charge in [-0.2, -0.15) is 4.72 Å². The van der Waals surface area contributed by atoms with Crippen molar-refractivity contribution in [3.05, 3.63) is 120 Å². The lowest BCUT2D eigenvalue weighted by molar-refractivity contribution is -0.126. The van der Waals surface area contributed by atoms with Crippen LogP contribution in [0.1, 0.15) is 55.8 Å². The Labute approximate surface area is 270 Å². The van der Waals surface area contributed by atoms with Crippen LogP contribution in [0.25, 0.3) is 10.9 Å². The minimum atomic E-state index is -4.26. The highest BCUT2D eigenvalue weighted by Crippen LogP contribution is 2.38. The fraction of sp³-hybridized carbons (Fsp3) is 0.297. The van der Waals surface area contributed by atoms with Gasteiger partial charge in [-0.25, -0.2) is 8.42 Å². The van der Waals surface area contributed by atoms with Crippen LogP contribution < -0.4 is 14.8 Å². The van der Waals surface area contributed by atoms with Crippen LogP contribution in [0.3, 0.4) is 0 Å². The molecule has 0 saturated heterocycles. The first-order valence-corrected chi connectivity index (χ1v) is 17.3. The van der Waals surface area contributed by atoms with Crippen LogP contribution in [0.2, 0.25) is 0 Å². The van der Waals surface area contributed by atoms with E-state index in [-0.39, 0.29) is 22.5 Å². The predicted molar refractivity (Wildman–Crippen MR) is 180 cm³/mol. The van der Waals surface area contributed by atoms with Gasteiger partial charge >= 0.3 is 0 Å². The highest BCUT2D eigenvalue weighted by Gasteiger charge is 2.42. The third-order valence-electron chi connectivity index (χ3n) is 9.05. The van der Waals surface area contributed by atoms with Gasteiger partial charge in [0.25, 0.3) is 0 Å². The Morgan fingerprint density at radius 3 is 2.46 bits per heavy atom. The topological polar surface area (TPSA) is 113 Å². The van der Waals surface area contributed by atoms with E-state index in [1.54, 1.807) is 43.5 Å². The quantitative estimate of drug-likeness (QED) is 0.145. The summed E-state index contributed by atoms with van der Waals surface area (Å²) >= 11 is 0. The molecule has 1 saturated carbocycles. The van der Waals surface area contributed by atoms with Gasteiger partial charge in [0.15, 0.2) is 0 Å². The summed E-state index contributed by atoms with van der Waals surface area (Å²) in [7, 11) is -4.26. The molecule has 0 bridgehead atoms. The second kappa shape index (κ2) is 13.1. The van der Waals surface area contributed by atoms with E-state index in [0.717, 1.165) is 59.8 Å². The van der Waals surface area contributed by atoms with E-state index < -0.39 is 21.5 Å². The van der Waals surface area contributed by atoms with E-state index >= 15 is 0 Å². The zero-order valence-corrected chi connectivity index (χ0v) is 27.1. The third-order valence-corrected chi connectivity index (χ3v) is 10.7. The van der Waals surface area contributed by atoms with E-state index in [2.05, 4.69) is 20.0 Å². The molecule has 9 heteroatoms. The Hall–Kier alpha value is -4.47. The molecule has 1 aliphatic carbocycles. The van der Waals surface area contributed by atoms with E-state index in [4.69, 9.17) is 4.74 Å². The summed E-state index contributed by atoms with van der Waals surface area (Å²) in [4.78, 5) is 22.3. The molecule has 6 rings (SSSR count). The Morgan fingerprint density at radius 1 is 0.957 bits per heavy atom. The third kappa shape index (κ3) is 6.71. The maximum absolute atomic E-state index is 14.4. The van der Waals surface area contributed by atoms with Crippen molar-refractivity contribution in [1.82, 2.24) is 20.0 Å². The smallest absolute Gasteiger partial charge is 0.245 e. The molecule has 46 heavy (non-hydrogen) atoms. The number of amides is 1. The number of para-hydroxylation sites is 2. The molecule has 2 heterocycles. The largest absolute Gasteiger partial charge is 0.456 e. The Balaban J connectivity index is 1.35. The first kappa shape index (κ1) is 31.5. The molecule has 8 nitrogen and oxygen atoms in total. The van der Waals surface area contributed by atoms with Gasteiger partial charge in [-0.3, -0.25) is 9.78 Å². The van der Waals surface area contributed by atoms with Gasteiger partial charge in [-0.05, 0) is 80.3 Å². The summed E-state index contributed by atoms with van der Waals surface area (Å²) < 4.78 is 37.5. The van der Waals surface area contributed by atoms with Crippen molar-refractivity contribution in [2.24, 2.45) is 0 Å². The molecule has 0 unspecified atom stereocenters. The first-order chi connectivity index (χ1) is 22.2. The monoisotopic (exact) mass is 636 g/mol. The fourth-order valence-corrected chi connectivity index (χ4v) is 8.15. The molecule has 2 aromatic heterocycles. The Bertz CT molecular complexity index is 1920. The van der Waals surface area contributed by atoms with Gasteiger partial charge in [0.2, 0.25) is 15.9 Å². The molecular weight excluding hydrogens is 596 g/mol. The van der Waals surface area contributed by atoms with Crippen LogP contribution in [0.15, 0.2) is 108 Å². The number of aromatic nitrogens is 2. The lowest BCUT2D eigenvalue weighted by Crippen LogP contribution is -2.59. The average Bonchev–Trinajstić information content (AvgIpc) is 3.47. The number of hydrogen-bond acceptors (Lipinski definition) is 5. The number of ether oxygens (including phenoxy) is 1. The number of sulfonamides is 1. The number of hydrogen-bond donors (Lipinski definition) is 3. The molecule has 1 amide bonds. The predicted octanol–water partition coefficient (Wildman–Crippen LogP) is 6.96. The van der Waals surface area contributed by atoms with Gasteiger partial charge in [0.05, 0.1) is 0 Å². The molecule has 1 aliphatic rings. The summed E-state index contributed by atoms with van der Waals surface area (Å²) in [5.41, 5.74) is 1.59. The van der Waals surface area contributed by atoms with Crippen LogP contribution in [0, 0.1) is 6.92 Å². The number of carbonyl (C=O) groups is 1. The number of aromatic amines is 1. The SMILES string of the molecule is Cc1ccc(Oc2ccccc2)c(S(=O)(=O)N[C@@](C)(Cc2c[nH]c3ccccc23)C(=O)NCC2(c3ccccn3)CCCCC2)c1. The van der Waals surface area contributed by atoms with Crippen molar-refractivity contribution >= 4 is 26.8 Å². The highest BCUT2D eigenvalue weighted by molar-refractivity contribution is 7.89. The van der Waals surface area contributed by atoms with Crippen molar-refractivity contribution in [2.75, 3.05) is 6.54 Å². The number of nitrogens with zero attached hydrogens (tertiary/aromatic N) is 1. The second-order valence-corrected chi connectivity index (χ2v) is 14.2. The normalized spacial score (nSPS) is 16.0. The molecule has 1 atom stereocenters. The van der Waals surface area contributed by atoms with Crippen LogP contribution >= 0.6 is 0 Å². The number of nitrogens with one attached hydrogen (secondary N) is 3. The number of pyridine rings is 1. The zero-order valence-electron chi connectivity index (χ0n) is 26.3. The van der Waals surface area contributed by atoms with Crippen LogP contribution in [-0.2, 0) is 26.7 Å². The number of aryl methyl sites for hydroxylation is 1. The van der Waals surface area contributed by atoms with Crippen molar-refractivity contribution in [3.63, 3.8) is 0 Å². The van der Waals surface area contributed by atoms with E-state index in [1.165, 1.54) is 0 Å². The van der Waals surface area contributed by atoms with Crippen molar-refractivity contribution < 1.29 is 17.9 Å². The van der Waals surface area contributed by atoms with Gasteiger partial charge < -0.3 is 15.0 Å². The molecule has 3 aromatic carbocycles. The highest BCUT2D eigenvalue weighted by atomic mass is 32.2. The molecule has 5 aromatic rings. The molecule has 0 aliphatic heterocycles. The molecule has 0 spiro atoms. The Kier molecular flexibility index (Phi) is 8.97. The minimum absolute atomic E-state index is 0.0356. The van der Waals surface area contributed by atoms with Crippen molar-refractivity contribution in [3.8, 4) is 11.5 Å². The van der Waals surface area contributed by atoms with Gasteiger partial charge in [0, 0.05) is 47.4 Å².